The maximum Gasteiger partial charge on any atom is 0.269 e. The van der Waals surface area contributed by atoms with E-state index >= 15 is 0 Å². The summed E-state index contributed by atoms with van der Waals surface area (Å²) in [4.78, 5) is 12.9. The van der Waals surface area contributed by atoms with Crippen molar-refractivity contribution in [3.8, 4) is 0 Å². The predicted molar refractivity (Wildman–Crippen MR) is 82.1 cm³/mol. The average Bonchev–Trinajstić information content (AvgIpc) is 2.79. The van der Waals surface area contributed by atoms with Gasteiger partial charge in [0, 0.05) is 30.8 Å². The van der Waals surface area contributed by atoms with Crippen molar-refractivity contribution in [2.75, 3.05) is 13.1 Å². The Kier molecular flexibility index (Phi) is 5.92. The molecule has 1 saturated heterocycles. The van der Waals surface area contributed by atoms with Crippen LogP contribution in [0.25, 0.3) is 0 Å². The lowest BCUT2D eigenvalue weighted by molar-refractivity contribution is -0.385. The molecule has 2 N–H and O–H groups in total. The minimum atomic E-state index is -0.341. The molecule has 1 heterocycles. The molecule has 0 spiro atoms. The van der Waals surface area contributed by atoms with Gasteiger partial charge in [-0.05, 0) is 38.3 Å². The fourth-order valence-electron chi connectivity index (χ4n) is 2.97. The van der Waals surface area contributed by atoms with E-state index in [1.807, 2.05) is 6.07 Å². The summed E-state index contributed by atoms with van der Waals surface area (Å²) in [6.07, 6.45) is 1.11. The molecule has 2 rings (SSSR count). The van der Waals surface area contributed by atoms with E-state index in [-0.39, 0.29) is 29.1 Å². The van der Waals surface area contributed by atoms with Gasteiger partial charge >= 0.3 is 0 Å². The summed E-state index contributed by atoms with van der Waals surface area (Å²) < 4.78 is 0. The van der Waals surface area contributed by atoms with Gasteiger partial charge in [0.25, 0.3) is 5.69 Å². The van der Waals surface area contributed by atoms with Gasteiger partial charge < -0.3 is 5.73 Å². The fraction of sp³-hybridized carbons (Fsp3) is 0.571. The second-order valence-electron chi connectivity index (χ2n) is 5.41. The van der Waals surface area contributed by atoms with E-state index in [0.717, 1.165) is 18.5 Å². The van der Waals surface area contributed by atoms with Gasteiger partial charge in [0.1, 0.15) is 0 Å². The lowest BCUT2D eigenvalue weighted by atomic mass is 10.1. The lowest BCUT2D eigenvalue weighted by Crippen LogP contribution is -2.30. The van der Waals surface area contributed by atoms with E-state index in [4.69, 9.17) is 5.73 Å². The molecule has 5 nitrogen and oxygen atoms in total. The second-order valence-corrected chi connectivity index (χ2v) is 5.41. The first-order chi connectivity index (χ1) is 9.02. The molecule has 6 heteroatoms. The van der Waals surface area contributed by atoms with Gasteiger partial charge in [0.15, 0.2) is 0 Å². The van der Waals surface area contributed by atoms with Gasteiger partial charge in [0.2, 0.25) is 0 Å². The van der Waals surface area contributed by atoms with Gasteiger partial charge in [-0.15, -0.1) is 12.4 Å². The quantitative estimate of drug-likeness (QED) is 0.685. The highest BCUT2D eigenvalue weighted by Gasteiger charge is 2.32. The molecule has 1 aromatic rings. The third kappa shape index (κ3) is 3.48. The van der Waals surface area contributed by atoms with Crippen LogP contribution in [0.15, 0.2) is 24.3 Å². The van der Waals surface area contributed by atoms with Gasteiger partial charge in [-0.25, -0.2) is 0 Å². The van der Waals surface area contributed by atoms with Crippen LogP contribution in [0.1, 0.15) is 31.9 Å². The molecule has 1 aliphatic heterocycles. The molecule has 1 aromatic carbocycles. The van der Waals surface area contributed by atoms with Crippen molar-refractivity contribution in [2.24, 2.45) is 11.7 Å². The van der Waals surface area contributed by atoms with E-state index in [0.29, 0.717) is 18.5 Å². The average molecular weight is 300 g/mol. The number of non-ortho nitro benzene ring substituents is 1. The van der Waals surface area contributed by atoms with Crippen LogP contribution in [0, 0.1) is 16.0 Å². The molecule has 0 radical (unpaired) electrons. The monoisotopic (exact) mass is 299 g/mol. The molecule has 1 aliphatic rings. The summed E-state index contributed by atoms with van der Waals surface area (Å²) in [5.74, 6) is 0.538. The number of benzene rings is 1. The van der Waals surface area contributed by atoms with Crippen molar-refractivity contribution in [2.45, 2.75) is 32.4 Å². The van der Waals surface area contributed by atoms with E-state index < -0.39 is 0 Å². The van der Waals surface area contributed by atoms with Crippen LogP contribution in [0.5, 0.6) is 0 Å². The van der Waals surface area contributed by atoms with Gasteiger partial charge in [0.05, 0.1) is 4.92 Å². The molecule has 1 fully saturated rings. The smallest absolute Gasteiger partial charge is 0.269 e. The Morgan fingerprint density at radius 2 is 2.25 bits per heavy atom. The summed E-state index contributed by atoms with van der Waals surface area (Å²) in [6, 6.07) is 7.58. The molecule has 112 valence electrons. The fourth-order valence-corrected chi connectivity index (χ4v) is 2.97. The summed E-state index contributed by atoms with van der Waals surface area (Å²) in [5, 5.41) is 10.8. The molecule has 0 bridgehead atoms. The molecular weight excluding hydrogens is 278 g/mol. The second kappa shape index (κ2) is 7.02. The zero-order valence-corrected chi connectivity index (χ0v) is 12.7. The van der Waals surface area contributed by atoms with Crippen molar-refractivity contribution < 1.29 is 4.92 Å². The first kappa shape index (κ1) is 16.9. The minimum absolute atomic E-state index is 0. The number of hydrogen-bond donors (Lipinski definition) is 1. The molecule has 0 saturated carbocycles. The SMILES string of the molecule is CC1CC(CN)CN1C(C)c1cccc([N+](=O)[O-])c1.Cl. The highest BCUT2D eigenvalue weighted by molar-refractivity contribution is 5.85. The van der Waals surface area contributed by atoms with Gasteiger partial charge in [-0.2, -0.15) is 0 Å². The van der Waals surface area contributed by atoms with Crippen molar-refractivity contribution >= 4 is 18.1 Å². The molecule has 0 amide bonds. The highest BCUT2D eigenvalue weighted by Crippen LogP contribution is 2.32. The summed E-state index contributed by atoms with van der Waals surface area (Å²) in [7, 11) is 0. The van der Waals surface area contributed by atoms with Crippen LogP contribution in [-0.4, -0.2) is 29.0 Å². The zero-order chi connectivity index (χ0) is 14.0. The Labute approximate surface area is 125 Å². The Morgan fingerprint density at radius 1 is 1.55 bits per heavy atom. The molecule has 20 heavy (non-hydrogen) atoms. The summed E-state index contributed by atoms with van der Waals surface area (Å²) >= 11 is 0. The minimum Gasteiger partial charge on any atom is -0.330 e. The molecular formula is C14H22ClN3O2. The van der Waals surface area contributed by atoms with Crippen LogP contribution in [0.2, 0.25) is 0 Å². The number of halogens is 1. The first-order valence-electron chi connectivity index (χ1n) is 6.73. The Hall–Kier alpha value is -1.17. The van der Waals surface area contributed by atoms with E-state index in [2.05, 4.69) is 18.7 Å². The molecule has 3 unspecified atom stereocenters. The standard InChI is InChI=1S/C14H21N3O2.ClH/c1-10-6-12(8-15)9-16(10)11(2)13-4-3-5-14(7-13)17(18)19;/h3-5,7,10-12H,6,8-9,15H2,1-2H3;1H. The van der Waals surface area contributed by atoms with Crippen molar-refractivity contribution in [3.63, 3.8) is 0 Å². The van der Waals surface area contributed by atoms with Crippen LogP contribution in [0.3, 0.4) is 0 Å². The largest absolute Gasteiger partial charge is 0.330 e. The van der Waals surface area contributed by atoms with Crippen LogP contribution in [-0.2, 0) is 0 Å². The maximum absolute atomic E-state index is 10.8. The van der Waals surface area contributed by atoms with Crippen LogP contribution >= 0.6 is 12.4 Å². The number of hydrogen-bond acceptors (Lipinski definition) is 4. The summed E-state index contributed by atoms with van der Waals surface area (Å²) in [6.45, 7) is 5.99. The Bertz CT molecular complexity index is 469. The number of nitrogens with zero attached hydrogens (tertiary/aromatic N) is 2. The van der Waals surface area contributed by atoms with Crippen LogP contribution < -0.4 is 5.73 Å². The molecule has 3 atom stereocenters. The lowest BCUT2D eigenvalue weighted by Gasteiger charge is -2.28. The van der Waals surface area contributed by atoms with E-state index in [9.17, 15) is 10.1 Å². The van der Waals surface area contributed by atoms with Crippen molar-refractivity contribution in [3.05, 3.63) is 39.9 Å². The highest BCUT2D eigenvalue weighted by atomic mass is 35.5. The van der Waals surface area contributed by atoms with E-state index in [1.54, 1.807) is 12.1 Å². The zero-order valence-electron chi connectivity index (χ0n) is 11.9. The normalized spacial score (nSPS) is 24.1. The number of nitrogens with two attached hydrogens (primary N) is 1. The number of nitro benzene ring substituents is 1. The predicted octanol–water partition coefficient (Wildman–Crippen LogP) is 2.75. The third-order valence-electron chi connectivity index (χ3n) is 4.10. The van der Waals surface area contributed by atoms with Gasteiger partial charge in [-0.1, -0.05) is 12.1 Å². The van der Waals surface area contributed by atoms with Crippen molar-refractivity contribution in [1.29, 1.82) is 0 Å². The number of rotatable bonds is 4. The Morgan fingerprint density at radius 3 is 2.80 bits per heavy atom. The molecule has 0 aromatic heterocycles. The number of likely N-dealkylation sites (tertiary alicyclic amines) is 1. The first-order valence-corrected chi connectivity index (χ1v) is 6.73. The maximum atomic E-state index is 10.8. The van der Waals surface area contributed by atoms with E-state index in [1.165, 1.54) is 6.07 Å². The number of nitro groups is 1. The molecule has 0 aliphatic carbocycles. The van der Waals surface area contributed by atoms with Crippen molar-refractivity contribution in [1.82, 2.24) is 4.90 Å². The summed E-state index contributed by atoms with van der Waals surface area (Å²) in [5.41, 5.74) is 6.90. The Balaban J connectivity index is 0.00000200. The third-order valence-corrected chi connectivity index (χ3v) is 4.10. The van der Waals surface area contributed by atoms with Crippen LogP contribution in [0.4, 0.5) is 5.69 Å². The topological polar surface area (TPSA) is 72.4 Å². The van der Waals surface area contributed by atoms with Gasteiger partial charge in [-0.3, -0.25) is 15.0 Å².